The maximum absolute atomic E-state index is 5.25. The van der Waals surface area contributed by atoms with Gasteiger partial charge in [0.2, 0.25) is 0 Å². The fourth-order valence-electron chi connectivity index (χ4n) is 2.99. The van der Waals surface area contributed by atoms with Gasteiger partial charge in [0.25, 0.3) is 0 Å². The first-order valence-electron chi connectivity index (χ1n) is 7.28. The third kappa shape index (κ3) is 4.23. The van der Waals surface area contributed by atoms with Gasteiger partial charge in [-0.15, -0.1) is 0 Å². The Morgan fingerprint density at radius 2 is 1.94 bits per heavy atom. The van der Waals surface area contributed by atoms with Crippen LogP contribution in [0.4, 0.5) is 0 Å². The molecule has 0 spiro atoms. The molecule has 0 aromatic carbocycles. The SMILES string of the molecule is CCNC(CN1CCC(COC)CC1)C1CC1. The summed E-state index contributed by atoms with van der Waals surface area (Å²) in [5.41, 5.74) is 0. The van der Waals surface area contributed by atoms with Gasteiger partial charge in [-0.1, -0.05) is 6.92 Å². The molecule has 1 saturated heterocycles. The van der Waals surface area contributed by atoms with Crippen molar-refractivity contribution in [3.8, 4) is 0 Å². The van der Waals surface area contributed by atoms with E-state index in [1.807, 2.05) is 7.11 Å². The Morgan fingerprint density at radius 3 is 2.47 bits per heavy atom. The van der Waals surface area contributed by atoms with E-state index >= 15 is 0 Å². The van der Waals surface area contributed by atoms with Gasteiger partial charge in [-0.2, -0.15) is 0 Å². The second kappa shape index (κ2) is 6.72. The summed E-state index contributed by atoms with van der Waals surface area (Å²) >= 11 is 0. The van der Waals surface area contributed by atoms with E-state index < -0.39 is 0 Å². The molecule has 1 saturated carbocycles. The number of likely N-dealkylation sites (tertiary alicyclic amines) is 1. The highest BCUT2D eigenvalue weighted by atomic mass is 16.5. The molecule has 1 unspecified atom stereocenters. The van der Waals surface area contributed by atoms with Crippen molar-refractivity contribution >= 4 is 0 Å². The zero-order valence-electron chi connectivity index (χ0n) is 11.5. The molecule has 0 radical (unpaired) electrons. The molecule has 3 nitrogen and oxygen atoms in total. The Balaban J connectivity index is 1.68. The molecule has 100 valence electrons. The first kappa shape index (κ1) is 13.3. The van der Waals surface area contributed by atoms with Crippen molar-refractivity contribution in [2.45, 2.75) is 38.6 Å². The van der Waals surface area contributed by atoms with Crippen molar-refractivity contribution < 1.29 is 4.74 Å². The molecule has 2 rings (SSSR count). The molecule has 1 aliphatic heterocycles. The summed E-state index contributed by atoms with van der Waals surface area (Å²) in [6, 6.07) is 0.749. The number of hydrogen-bond acceptors (Lipinski definition) is 3. The van der Waals surface area contributed by atoms with Crippen LogP contribution in [-0.2, 0) is 4.74 Å². The van der Waals surface area contributed by atoms with E-state index in [1.54, 1.807) is 0 Å². The lowest BCUT2D eigenvalue weighted by molar-refractivity contribution is 0.0940. The number of methoxy groups -OCH3 is 1. The van der Waals surface area contributed by atoms with Gasteiger partial charge in [0.05, 0.1) is 0 Å². The van der Waals surface area contributed by atoms with Crippen molar-refractivity contribution in [2.75, 3.05) is 39.9 Å². The van der Waals surface area contributed by atoms with Crippen LogP contribution in [0.5, 0.6) is 0 Å². The lowest BCUT2D eigenvalue weighted by Gasteiger charge is -2.34. The highest BCUT2D eigenvalue weighted by molar-refractivity contribution is 4.89. The third-order valence-corrected chi connectivity index (χ3v) is 4.22. The van der Waals surface area contributed by atoms with E-state index in [4.69, 9.17) is 4.74 Å². The van der Waals surface area contributed by atoms with Crippen molar-refractivity contribution in [3.63, 3.8) is 0 Å². The van der Waals surface area contributed by atoms with Crippen LogP contribution in [0, 0.1) is 11.8 Å². The van der Waals surface area contributed by atoms with Crippen LogP contribution in [0.15, 0.2) is 0 Å². The molecule has 1 aliphatic carbocycles. The minimum Gasteiger partial charge on any atom is -0.384 e. The van der Waals surface area contributed by atoms with E-state index in [2.05, 4.69) is 17.1 Å². The van der Waals surface area contributed by atoms with Crippen molar-refractivity contribution in [2.24, 2.45) is 11.8 Å². The van der Waals surface area contributed by atoms with Crippen LogP contribution in [0.3, 0.4) is 0 Å². The molecule has 0 aromatic rings. The fraction of sp³-hybridized carbons (Fsp3) is 1.00. The number of likely N-dealkylation sites (N-methyl/N-ethyl adjacent to an activating group) is 1. The zero-order chi connectivity index (χ0) is 12.1. The normalized spacial score (nSPS) is 25.1. The highest BCUT2D eigenvalue weighted by Gasteiger charge is 2.32. The molecule has 0 aromatic heterocycles. The summed E-state index contributed by atoms with van der Waals surface area (Å²) in [6.45, 7) is 8.08. The van der Waals surface area contributed by atoms with Gasteiger partial charge in [-0.05, 0) is 57.2 Å². The molecule has 3 heteroatoms. The lowest BCUT2D eigenvalue weighted by atomic mass is 9.97. The van der Waals surface area contributed by atoms with Crippen LogP contribution in [0.2, 0.25) is 0 Å². The van der Waals surface area contributed by atoms with Gasteiger partial charge in [0.15, 0.2) is 0 Å². The van der Waals surface area contributed by atoms with E-state index in [0.29, 0.717) is 0 Å². The maximum Gasteiger partial charge on any atom is 0.0491 e. The van der Waals surface area contributed by atoms with E-state index in [1.165, 1.54) is 45.3 Å². The predicted molar refractivity (Wildman–Crippen MR) is 71.2 cm³/mol. The van der Waals surface area contributed by atoms with Crippen LogP contribution >= 0.6 is 0 Å². The summed E-state index contributed by atoms with van der Waals surface area (Å²) < 4.78 is 5.25. The molecular weight excluding hydrogens is 212 g/mol. The number of rotatable bonds is 7. The minimum atomic E-state index is 0.749. The fourth-order valence-corrected chi connectivity index (χ4v) is 2.99. The van der Waals surface area contributed by atoms with E-state index in [0.717, 1.165) is 31.0 Å². The number of hydrogen-bond donors (Lipinski definition) is 1. The standard InChI is InChI=1S/C14H28N2O/c1-3-15-14(13-4-5-13)10-16-8-6-12(7-9-16)11-17-2/h12-15H,3-11H2,1-2H3. The molecule has 2 fully saturated rings. The van der Waals surface area contributed by atoms with Crippen molar-refractivity contribution in [3.05, 3.63) is 0 Å². The lowest BCUT2D eigenvalue weighted by Crippen LogP contribution is -2.45. The quantitative estimate of drug-likeness (QED) is 0.733. The van der Waals surface area contributed by atoms with Gasteiger partial charge < -0.3 is 15.0 Å². The molecule has 1 N–H and O–H groups in total. The molecule has 17 heavy (non-hydrogen) atoms. The van der Waals surface area contributed by atoms with Gasteiger partial charge in [0, 0.05) is 26.3 Å². The Labute approximate surface area is 106 Å². The molecule has 1 heterocycles. The Morgan fingerprint density at radius 1 is 1.24 bits per heavy atom. The summed E-state index contributed by atoms with van der Waals surface area (Å²) in [7, 11) is 1.82. The van der Waals surface area contributed by atoms with Crippen LogP contribution in [-0.4, -0.2) is 50.8 Å². The average molecular weight is 240 g/mol. The first-order chi connectivity index (χ1) is 8.33. The first-order valence-corrected chi connectivity index (χ1v) is 7.28. The number of nitrogens with zero attached hydrogens (tertiary/aromatic N) is 1. The minimum absolute atomic E-state index is 0.749. The van der Waals surface area contributed by atoms with Gasteiger partial charge in [-0.3, -0.25) is 0 Å². The number of nitrogens with one attached hydrogen (secondary N) is 1. The Hall–Kier alpha value is -0.120. The smallest absolute Gasteiger partial charge is 0.0491 e. The third-order valence-electron chi connectivity index (χ3n) is 4.22. The summed E-state index contributed by atoms with van der Waals surface area (Å²) in [5.74, 6) is 1.77. The molecule has 2 aliphatic rings. The van der Waals surface area contributed by atoms with Crippen LogP contribution in [0.1, 0.15) is 32.6 Å². The van der Waals surface area contributed by atoms with Crippen molar-refractivity contribution in [1.29, 1.82) is 0 Å². The average Bonchev–Trinajstić information content (AvgIpc) is 3.15. The summed E-state index contributed by atoms with van der Waals surface area (Å²) in [6.07, 6.45) is 5.52. The number of ether oxygens (including phenoxy) is 1. The zero-order valence-corrected chi connectivity index (χ0v) is 11.5. The Kier molecular flexibility index (Phi) is 5.26. The number of piperidine rings is 1. The summed E-state index contributed by atoms with van der Waals surface area (Å²) in [4.78, 5) is 2.65. The van der Waals surface area contributed by atoms with Gasteiger partial charge in [0.1, 0.15) is 0 Å². The van der Waals surface area contributed by atoms with Crippen molar-refractivity contribution in [1.82, 2.24) is 10.2 Å². The largest absolute Gasteiger partial charge is 0.384 e. The van der Waals surface area contributed by atoms with Crippen LogP contribution < -0.4 is 5.32 Å². The second-order valence-corrected chi connectivity index (χ2v) is 5.70. The topological polar surface area (TPSA) is 24.5 Å². The Bertz CT molecular complexity index is 210. The highest BCUT2D eigenvalue weighted by Crippen LogP contribution is 2.33. The van der Waals surface area contributed by atoms with Gasteiger partial charge >= 0.3 is 0 Å². The summed E-state index contributed by atoms with van der Waals surface area (Å²) in [5, 5.41) is 3.66. The maximum atomic E-state index is 5.25. The molecule has 0 amide bonds. The molecule has 1 atom stereocenters. The van der Waals surface area contributed by atoms with Crippen LogP contribution in [0.25, 0.3) is 0 Å². The predicted octanol–water partition coefficient (Wildman–Crippen LogP) is 1.73. The molecular formula is C14H28N2O. The monoisotopic (exact) mass is 240 g/mol. The molecule has 0 bridgehead atoms. The van der Waals surface area contributed by atoms with Gasteiger partial charge in [-0.25, -0.2) is 0 Å². The second-order valence-electron chi connectivity index (χ2n) is 5.70. The van der Waals surface area contributed by atoms with E-state index in [9.17, 15) is 0 Å². The van der Waals surface area contributed by atoms with E-state index in [-0.39, 0.29) is 0 Å².